The lowest BCUT2D eigenvalue weighted by atomic mass is 10.2. The number of carboxylic acids is 1. The third kappa shape index (κ3) is 6.40. The van der Waals surface area contributed by atoms with Crippen LogP contribution >= 0.6 is 23.4 Å². The number of hydrogen-bond acceptors (Lipinski definition) is 5. The molecule has 0 spiro atoms. The summed E-state index contributed by atoms with van der Waals surface area (Å²) in [6, 6.07) is 22.4. The first kappa shape index (κ1) is 24.3. The number of thioether (sulfide) groups is 1. The van der Waals surface area contributed by atoms with Gasteiger partial charge in [0.15, 0.2) is 17.6 Å². The molecule has 3 aromatic carbocycles. The van der Waals surface area contributed by atoms with Crippen LogP contribution in [0.4, 0.5) is 0 Å². The van der Waals surface area contributed by atoms with Gasteiger partial charge < -0.3 is 9.84 Å². The fourth-order valence-corrected chi connectivity index (χ4v) is 4.40. The van der Waals surface area contributed by atoms with Crippen molar-refractivity contribution in [1.82, 2.24) is 10.4 Å². The minimum Gasteiger partial charge on any atom is -0.481 e. The number of hydrazone groups is 1. The summed E-state index contributed by atoms with van der Waals surface area (Å²) in [6.45, 7) is 0.0888. The smallest absolute Gasteiger partial charge is 0.341 e. The molecule has 8 nitrogen and oxygen atoms in total. The molecule has 1 amide bonds. The van der Waals surface area contributed by atoms with E-state index in [2.05, 4.69) is 20.1 Å². The molecule has 0 saturated carbocycles. The van der Waals surface area contributed by atoms with E-state index in [9.17, 15) is 9.59 Å². The van der Waals surface area contributed by atoms with Crippen molar-refractivity contribution in [2.75, 3.05) is 12.4 Å². The van der Waals surface area contributed by atoms with Crippen LogP contribution in [0.25, 0.3) is 11.0 Å². The molecule has 0 fully saturated rings. The zero-order valence-corrected chi connectivity index (χ0v) is 20.1. The Morgan fingerprint density at radius 2 is 1.83 bits per heavy atom. The number of carbonyl (C=O) groups is 2. The van der Waals surface area contributed by atoms with Crippen LogP contribution < -0.4 is 14.7 Å². The van der Waals surface area contributed by atoms with Gasteiger partial charge in [0.25, 0.3) is 5.91 Å². The maximum absolute atomic E-state index is 12.4. The Labute approximate surface area is 210 Å². The molecule has 0 aliphatic heterocycles. The molecule has 1 aromatic heterocycles. The molecule has 1 heterocycles. The number of imidazole rings is 1. The predicted octanol–water partition coefficient (Wildman–Crippen LogP) is 3.86. The lowest BCUT2D eigenvalue weighted by molar-refractivity contribution is -0.700. The summed E-state index contributed by atoms with van der Waals surface area (Å²) in [7, 11) is 0. The molecular formula is C25H22ClN4O4S+. The number of ether oxygens (including phenoxy) is 1. The van der Waals surface area contributed by atoms with Gasteiger partial charge in [-0.15, -0.1) is 0 Å². The maximum Gasteiger partial charge on any atom is 0.341 e. The van der Waals surface area contributed by atoms with Gasteiger partial charge in [-0.05, 0) is 42.1 Å². The number of aliphatic carboxylic acids is 1. The lowest BCUT2D eigenvalue weighted by Gasteiger charge is -2.06. The van der Waals surface area contributed by atoms with E-state index >= 15 is 0 Å². The molecule has 0 atom stereocenters. The van der Waals surface area contributed by atoms with Crippen molar-refractivity contribution in [3.05, 3.63) is 88.9 Å². The summed E-state index contributed by atoms with van der Waals surface area (Å²) in [6.07, 6.45) is 1.42. The summed E-state index contributed by atoms with van der Waals surface area (Å²) in [4.78, 5) is 26.6. The van der Waals surface area contributed by atoms with Gasteiger partial charge in [0.2, 0.25) is 0 Å². The monoisotopic (exact) mass is 509 g/mol. The highest BCUT2D eigenvalue weighted by Crippen LogP contribution is 2.21. The largest absolute Gasteiger partial charge is 0.481 e. The summed E-state index contributed by atoms with van der Waals surface area (Å²) in [5.74, 6) is -0.881. The lowest BCUT2D eigenvalue weighted by Crippen LogP contribution is -2.36. The highest BCUT2D eigenvalue weighted by molar-refractivity contribution is 7.99. The second-order valence-corrected chi connectivity index (χ2v) is 8.80. The minimum absolute atomic E-state index is 0.129. The topological polar surface area (TPSA) is 108 Å². The van der Waals surface area contributed by atoms with Crippen LogP contribution in [-0.2, 0) is 16.1 Å². The molecule has 0 bridgehead atoms. The van der Waals surface area contributed by atoms with E-state index in [1.165, 1.54) is 18.0 Å². The van der Waals surface area contributed by atoms with Crippen LogP contribution in [0, 0.1) is 0 Å². The van der Waals surface area contributed by atoms with Gasteiger partial charge in [-0.1, -0.05) is 54.1 Å². The van der Waals surface area contributed by atoms with Crippen LogP contribution in [0.5, 0.6) is 5.75 Å². The highest BCUT2D eigenvalue weighted by Gasteiger charge is 2.21. The first-order valence-corrected chi connectivity index (χ1v) is 12.0. The molecule has 178 valence electrons. The summed E-state index contributed by atoms with van der Waals surface area (Å²) in [5, 5.41) is 14.3. The Bertz CT molecular complexity index is 1390. The van der Waals surface area contributed by atoms with E-state index in [0.29, 0.717) is 22.9 Å². The Hall–Kier alpha value is -3.82. The second kappa shape index (κ2) is 11.5. The quantitative estimate of drug-likeness (QED) is 0.130. The number of halogens is 1. The van der Waals surface area contributed by atoms with Gasteiger partial charge in [0.05, 0.1) is 12.0 Å². The third-order valence-corrected chi connectivity index (χ3v) is 6.34. The Balaban J connectivity index is 1.42. The zero-order chi connectivity index (χ0) is 24.6. The molecule has 0 saturated heterocycles. The number of H-pyrrole nitrogens is 1. The molecule has 4 rings (SSSR count). The number of aromatic nitrogens is 2. The Kier molecular flexibility index (Phi) is 8.02. The number of nitrogens with one attached hydrogen (secondary N) is 2. The summed E-state index contributed by atoms with van der Waals surface area (Å²) < 4.78 is 7.33. The van der Waals surface area contributed by atoms with E-state index in [0.717, 1.165) is 21.8 Å². The van der Waals surface area contributed by atoms with Crippen molar-refractivity contribution in [2.45, 2.75) is 11.7 Å². The van der Waals surface area contributed by atoms with Gasteiger partial charge in [0.1, 0.15) is 12.3 Å². The SMILES string of the molecule is O=C(O)COc1ccccc1C=NNC(=O)CSc1[nH]c2ccccc2[n+]1Cc1ccccc1Cl. The predicted molar refractivity (Wildman–Crippen MR) is 135 cm³/mol. The van der Waals surface area contributed by atoms with Crippen LogP contribution in [0.3, 0.4) is 0 Å². The summed E-state index contributed by atoms with van der Waals surface area (Å²) in [5.41, 5.74) is 5.99. The van der Waals surface area contributed by atoms with E-state index in [-0.39, 0.29) is 11.7 Å². The van der Waals surface area contributed by atoms with Crippen molar-refractivity contribution in [1.29, 1.82) is 0 Å². The van der Waals surface area contributed by atoms with E-state index in [1.54, 1.807) is 24.3 Å². The van der Waals surface area contributed by atoms with Gasteiger partial charge >= 0.3 is 11.1 Å². The molecule has 10 heteroatoms. The molecule has 0 aliphatic rings. The third-order valence-electron chi connectivity index (χ3n) is 4.97. The number of rotatable bonds is 10. The number of amides is 1. The van der Waals surface area contributed by atoms with Crippen LogP contribution in [0.1, 0.15) is 11.1 Å². The molecule has 0 unspecified atom stereocenters. The molecule has 0 aliphatic carbocycles. The summed E-state index contributed by atoms with van der Waals surface area (Å²) >= 11 is 7.73. The van der Waals surface area contributed by atoms with Crippen molar-refractivity contribution < 1.29 is 24.0 Å². The number of para-hydroxylation sites is 3. The second-order valence-electron chi connectivity index (χ2n) is 7.43. The van der Waals surface area contributed by atoms with Crippen LogP contribution in [-0.4, -0.2) is 40.5 Å². The highest BCUT2D eigenvalue weighted by atomic mass is 35.5. The number of carbonyl (C=O) groups excluding carboxylic acids is 1. The average Bonchev–Trinajstić information content (AvgIpc) is 3.21. The van der Waals surface area contributed by atoms with Crippen molar-refractivity contribution in [3.63, 3.8) is 0 Å². The standard InChI is InChI=1S/C25H21ClN4O4S/c26-19-9-3-1-8-18(19)14-30-21-11-5-4-10-20(21)28-25(30)35-16-23(31)29-27-13-17-7-2-6-12-22(17)34-15-24(32)33/h1-13H,14-16H2,(H2,29,31,32,33)/p+1. The molecule has 0 radical (unpaired) electrons. The Morgan fingerprint density at radius 1 is 1.09 bits per heavy atom. The van der Waals surface area contributed by atoms with Crippen molar-refractivity contribution >= 4 is 52.5 Å². The van der Waals surface area contributed by atoms with Crippen molar-refractivity contribution in [3.8, 4) is 5.75 Å². The van der Waals surface area contributed by atoms with Gasteiger partial charge in [-0.3, -0.25) is 4.79 Å². The van der Waals surface area contributed by atoms with E-state index in [4.69, 9.17) is 21.4 Å². The molecular weight excluding hydrogens is 488 g/mol. The van der Waals surface area contributed by atoms with Crippen LogP contribution in [0.15, 0.2) is 83.1 Å². The minimum atomic E-state index is -1.08. The first-order chi connectivity index (χ1) is 17.0. The number of hydrogen-bond donors (Lipinski definition) is 3. The fraction of sp³-hybridized carbons (Fsp3) is 0.120. The first-order valence-electron chi connectivity index (χ1n) is 10.6. The van der Waals surface area contributed by atoms with E-state index < -0.39 is 12.6 Å². The number of nitrogens with zero attached hydrogens (tertiary/aromatic N) is 2. The fourth-order valence-electron chi connectivity index (χ4n) is 3.37. The van der Waals surface area contributed by atoms with Gasteiger partial charge in [0, 0.05) is 16.1 Å². The molecule has 4 aromatic rings. The Morgan fingerprint density at radius 3 is 2.66 bits per heavy atom. The number of carboxylic acid groups (broad SMARTS) is 1. The normalized spacial score (nSPS) is 11.1. The average molecular weight is 510 g/mol. The van der Waals surface area contributed by atoms with Gasteiger partial charge in [-0.2, -0.15) is 5.10 Å². The maximum atomic E-state index is 12.4. The zero-order valence-electron chi connectivity index (χ0n) is 18.5. The number of fused-ring (bicyclic) bond motifs is 1. The van der Waals surface area contributed by atoms with Gasteiger partial charge in [-0.25, -0.2) is 19.8 Å². The molecule has 35 heavy (non-hydrogen) atoms. The van der Waals surface area contributed by atoms with Crippen LogP contribution in [0.2, 0.25) is 5.02 Å². The van der Waals surface area contributed by atoms with Crippen molar-refractivity contribution in [2.24, 2.45) is 5.10 Å². The number of aromatic amines is 1. The number of benzene rings is 3. The molecule has 3 N–H and O–H groups in total. The van der Waals surface area contributed by atoms with E-state index in [1.807, 2.05) is 48.5 Å².